The molecule has 0 spiro atoms. The summed E-state index contributed by atoms with van der Waals surface area (Å²) in [6, 6.07) is 6.51. The van der Waals surface area contributed by atoms with Crippen molar-refractivity contribution in [3.63, 3.8) is 0 Å². The number of amides is 1. The van der Waals surface area contributed by atoms with Crippen molar-refractivity contribution in [1.82, 2.24) is 20.4 Å². The highest BCUT2D eigenvalue weighted by molar-refractivity contribution is 5.87. The Bertz CT molecular complexity index is 917. The SMILES string of the molecule is Cc1noc(COCC(=O)NC(Cc2c[nH]c3ccccc23)C(=O)O)n1. The molecule has 0 saturated heterocycles. The van der Waals surface area contributed by atoms with Gasteiger partial charge in [-0.3, -0.25) is 4.79 Å². The summed E-state index contributed by atoms with van der Waals surface area (Å²) in [4.78, 5) is 30.5. The number of para-hydroxylation sites is 1. The number of fused-ring (bicyclic) bond motifs is 1. The first-order valence-corrected chi connectivity index (χ1v) is 7.97. The van der Waals surface area contributed by atoms with Gasteiger partial charge in [0.15, 0.2) is 5.82 Å². The molecule has 2 aromatic heterocycles. The number of ether oxygens (including phenoxy) is 1. The highest BCUT2D eigenvalue weighted by atomic mass is 16.5. The van der Waals surface area contributed by atoms with Crippen molar-refractivity contribution in [2.24, 2.45) is 0 Å². The third-order valence-electron chi connectivity index (χ3n) is 3.76. The lowest BCUT2D eigenvalue weighted by Gasteiger charge is -2.14. The molecule has 1 atom stereocenters. The first-order valence-electron chi connectivity index (χ1n) is 7.97. The number of carbonyl (C=O) groups excluding carboxylic acids is 1. The van der Waals surface area contributed by atoms with Gasteiger partial charge in [0.1, 0.15) is 19.3 Å². The van der Waals surface area contributed by atoms with Crippen LogP contribution in [0.25, 0.3) is 10.9 Å². The zero-order valence-corrected chi connectivity index (χ0v) is 14.1. The molecule has 2 heterocycles. The van der Waals surface area contributed by atoms with E-state index in [0.717, 1.165) is 16.5 Å². The second-order valence-electron chi connectivity index (χ2n) is 5.75. The summed E-state index contributed by atoms with van der Waals surface area (Å²) >= 11 is 0. The lowest BCUT2D eigenvalue weighted by molar-refractivity contribution is -0.142. The van der Waals surface area contributed by atoms with Crippen LogP contribution in [0.2, 0.25) is 0 Å². The molecule has 3 rings (SSSR count). The van der Waals surface area contributed by atoms with E-state index in [1.807, 2.05) is 24.3 Å². The Hall–Kier alpha value is -3.20. The Morgan fingerprint density at radius 2 is 2.19 bits per heavy atom. The molecule has 1 unspecified atom stereocenters. The largest absolute Gasteiger partial charge is 0.480 e. The molecule has 136 valence electrons. The van der Waals surface area contributed by atoms with Gasteiger partial charge in [-0.2, -0.15) is 4.98 Å². The highest BCUT2D eigenvalue weighted by Crippen LogP contribution is 2.19. The Kier molecular flexibility index (Phi) is 5.28. The van der Waals surface area contributed by atoms with Gasteiger partial charge in [-0.05, 0) is 18.6 Å². The molecule has 3 aromatic rings. The number of nitrogens with one attached hydrogen (secondary N) is 2. The van der Waals surface area contributed by atoms with Gasteiger partial charge in [0.25, 0.3) is 5.89 Å². The van der Waals surface area contributed by atoms with Gasteiger partial charge in [0.2, 0.25) is 5.91 Å². The predicted octanol–water partition coefficient (Wildman–Crippen LogP) is 1.19. The summed E-state index contributed by atoms with van der Waals surface area (Å²) in [5.74, 6) is -0.925. The fraction of sp³-hybridized carbons (Fsp3) is 0.294. The molecule has 0 radical (unpaired) electrons. The summed E-state index contributed by atoms with van der Waals surface area (Å²) in [5, 5.41) is 16.4. The summed E-state index contributed by atoms with van der Waals surface area (Å²) < 4.78 is 10.0. The Labute approximate surface area is 148 Å². The van der Waals surface area contributed by atoms with Gasteiger partial charge in [-0.25, -0.2) is 4.79 Å². The highest BCUT2D eigenvalue weighted by Gasteiger charge is 2.22. The monoisotopic (exact) mass is 358 g/mol. The van der Waals surface area contributed by atoms with Crippen molar-refractivity contribution in [1.29, 1.82) is 0 Å². The van der Waals surface area contributed by atoms with E-state index in [1.165, 1.54) is 0 Å². The smallest absolute Gasteiger partial charge is 0.326 e. The second kappa shape index (κ2) is 7.79. The number of H-pyrrole nitrogens is 1. The summed E-state index contributed by atoms with van der Waals surface area (Å²) in [6.07, 6.45) is 1.91. The number of carboxylic acid groups (broad SMARTS) is 1. The quantitative estimate of drug-likeness (QED) is 0.551. The van der Waals surface area contributed by atoms with Crippen LogP contribution in [0.15, 0.2) is 35.0 Å². The lowest BCUT2D eigenvalue weighted by Crippen LogP contribution is -2.43. The number of hydrogen-bond acceptors (Lipinski definition) is 6. The molecular weight excluding hydrogens is 340 g/mol. The van der Waals surface area contributed by atoms with E-state index in [9.17, 15) is 14.7 Å². The number of aromatic nitrogens is 3. The average Bonchev–Trinajstić information content (AvgIpc) is 3.21. The molecule has 0 fully saturated rings. The number of aromatic amines is 1. The Morgan fingerprint density at radius 3 is 2.92 bits per heavy atom. The molecular formula is C17H18N4O5. The molecule has 26 heavy (non-hydrogen) atoms. The Morgan fingerprint density at radius 1 is 1.38 bits per heavy atom. The van der Waals surface area contributed by atoms with Crippen LogP contribution in [0.5, 0.6) is 0 Å². The van der Waals surface area contributed by atoms with E-state index < -0.39 is 17.9 Å². The number of rotatable bonds is 8. The molecule has 1 aromatic carbocycles. The summed E-state index contributed by atoms with van der Waals surface area (Å²) in [5.41, 5.74) is 1.73. The van der Waals surface area contributed by atoms with E-state index in [2.05, 4.69) is 20.4 Å². The minimum absolute atomic E-state index is 0.0194. The van der Waals surface area contributed by atoms with E-state index >= 15 is 0 Å². The maximum absolute atomic E-state index is 12.0. The molecule has 9 nitrogen and oxygen atoms in total. The normalized spacial score (nSPS) is 12.2. The van der Waals surface area contributed by atoms with Crippen LogP contribution >= 0.6 is 0 Å². The zero-order chi connectivity index (χ0) is 18.5. The minimum Gasteiger partial charge on any atom is -0.480 e. The predicted molar refractivity (Wildman–Crippen MR) is 90.3 cm³/mol. The molecule has 0 saturated carbocycles. The second-order valence-corrected chi connectivity index (χ2v) is 5.75. The van der Waals surface area contributed by atoms with E-state index in [-0.39, 0.29) is 25.5 Å². The molecule has 0 aliphatic carbocycles. The van der Waals surface area contributed by atoms with Gasteiger partial charge < -0.3 is 24.7 Å². The lowest BCUT2D eigenvalue weighted by atomic mass is 10.1. The Balaban J connectivity index is 1.56. The van der Waals surface area contributed by atoms with Crippen LogP contribution in [-0.2, 0) is 27.4 Å². The van der Waals surface area contributed by atoms with Crippen LogP contribution in [0, 0.1) is 6.92 Å². The minimum atomic E-state index is -1.11. The number of nitrogens with zero attached hydrogens (tertiary/aromatic N) is 2. The number of aliphatic carboxylic acids is 1. The zero-order valence-electron chi connectivity index (χ0n) is 14.1. The first kappa shape index (κ1) is 17.6. The maximum atomic E-state index is 12.0. The van der Waals surface area contributed by atoms with Gasteiger partial charge in [0, 0.05) is 23.5 Å². The maximum Gasteiger partial charge on any atom is 0.326 e. The third kappa shape index (κ3) is 4.25. The van der Waals surface area contributed by atoms with Crippen molar-refractivity contribution in [3.8, 4) is 0 Å². The van der Waals surface area contributed by atoms with E-state index in [4.69, 9.17) is 9.26 Å². The molecule has 3 N–H and O–H groups in total. The van der Waals surface area contributed by atoms with Crippen molar-refractivity contribution in [2.45, 2.75) is 26.0 Å². The molecule has 1 amide bonds. The van der Waals surface area contributed by atoms with E-state index in [1.54, 1.807) is 13.1 Å². The van der Waals surface area contributed by atoms with Crippen molar-refractivity contribution >= 4 is 22.8 Å². The van der Waals surface area contributed by atoms with Gasteiger partial charge in [-0.15, -0.1) is 0 Å². The number of hydrogen-bond donors (Lipinski definition) is 3. The van der Waals surface area contributed by atoms with Gasteiger partial charge in [0.05, 0.1) is 0 Å². The fourth-order valence-corrected chi connectivity index (χ4v) is 2.59. The van der Waals surface area contributed by atoms with Crippen LogP contribution < -0.4 is 5.32 Å². The number of carboxylic acids is 1. The summed E-state index contributed by atoms with van der Waals surface area (Å²) in [7, 11) is 0. The molecule has 9 heteroatoms. The van der Waals surface area contributed by atoms with Gasteiger partial charge in [-0.1, -0.05) is 23.4 Å². The van der Waals surface area contributed by atoms with Crippen molar-refractivity contribution < 1.29 is 24.0 Å². The number of aryl methyl sites for hydroxylation is 1. The summed E-state index contributed by atoms with van der Waals surface area (Å²) in [6.45, 7) is 1.34. The van der Waals surface area contributed by atoms with E-state index in [0.29, 0.717) is 5.82 Å². The van der Waals surface area contributed by atoms with Crippen molar-refractivity contribution in [3.05, 3.63) is 47.7 Å². The van der Waals surface area contributed by atoms with Crippen LogP contribution in [0.3, 0.4) is 0 Å². The van der Waals surface area contributed by atoms with Crippen LogP contribution in [-0.4, -0.2) is 44.8 Å². The topological polar surface area (TPSA) is 130 Å². The number of benzene rings is 1. The third-order valence-corrected chi connectivity index (χ3v) is 3.76. The average molecular weight is 358 g/mol. The van der Waals surface area contributed by atoms with Gasteiger partial charge >= 0.3 is 5.97 Å². The molecule has 0 aliphatic heterocycles. The van der Waals surface area contributed by atoms with Crippen molar-refractivity contribution in [2.75, 3.05) is 6.61 Å². The standard InChI is InChI=1S/C17H18N4O5/c1-10-19-16(26-21-10)9-25-8-15(22)20-14(17(23)24)6-11-7-18-13-5-3-2-4-12(11)13/h2-5,7,14,18H,6,8-9H2,1H3,(H,20,22)(H,23,24). The molecule has 0 aliphatic rings. The van der Waals surface area contributed by atoms with Crippen LogP contribution in [0.1, 0.15) is 17.3 Å². The van der Waals surface area contributed by atoms with Crippen LogP contribution in [0.4, 0.5) is 0 Å². The fourth-order valence-electron chi connectivity index (χ4n) is 2.59. The first-order chi connectivity index (χ1) is 12.5. The molecule has 0 bridgehead atoms. The number of carbonyl (C=O) groups is 2.